The van der Waals surface area contributed by atoms with Crippen molar-refractivity contribution in [1.82, 2.24) is 10.2 Å². The van der Waals surface area contributed by atoms with E-state index >= 15 is 0 Å². The summed E-state index contributed by atoms with van der Waals surface area (Å²) in [5, 5.41) is 3.72. The van der Waals surface area contributed by atoms with Crippen molar-refractivity contribution in [2.75, 3.05) is 13.1 Å². The summed E-state index contributed by atoms with van der Waals surface area (Å²) in [6.07, 6.45) is 3.97. The molecular weight excluding hydrogens is 232 g/mol. The number of hydrogen-bond acceptors (Lipinski definition) is 2. The van der Waals surface area contributed by atoms with Gasteiger partial charge in [-0.15, -0.1) is 0 Å². The Morgan fingerprint density at radius 1 is 1.16 bits per heavy atom. The lowest BCUT2D eigenvalue weighted by Crippen LogP contribution is -2.61. The lowest BCUT2D eigenvalue weighted by atomic mass is 9.79. The summed E-state index contributed by atoms with van der Waals surface area (Å²) in [6, 6.07) is 13.1. The lowest BCUT2D eigenvalue weighted by Gasteiger charge is -2.49. The fourth-order valence-electron chi connectivity index (χ4n) is 3.63. The highest BCUT2D eigenvalue weighted by Gasteiger charge is 2.36. The first-order valence-electron chi connectivity index (χ1n) is 7.75. The Morgan fingerprint density at radius 2 is 1.89 bits per heavy atom. The first kappa shape index (κ1) is 13.1. The van der Waals surface area contributed by atoms with Gasteiger partial charge in [-0.05, 0) is 37.7 Å². The van der Waals surface area contributed by atoms with E-state index in [4.69, 9.17) is 0 Å². The maximum Gasteiger partial charge on any atom is 0.0236 e. The topological polar surface area (TPSA) is 15.3 Å². The zero-order valence-corrected chi connectivity index (χ0v) is 12.2. The van der Waals surface area contributed by atoms with Gasteiger partial charge in [0.1, 0.15) is 0 Å². The van der Waals surface area contributed by atoms with E-state index in [1.165, 1.54) is 24.9 Å². The van der Waals surface area contributed by atoms with Gasteiger partial charge in [-0.3, -0.25) is 4.90 Å². The lowest BCUT2D eigenvalue weighted by molar-refractivity contribution is 0.0249. The summed E-state index contributed by atoms with van der Waals surface area (Å²) in [5.41, 5.74) is 1.46. The molecule has 2 unspecified atom stereocenters. The predicted octanol–water partition coefficient (Wildman–Crippen LogP) is 2.69. The maximum absolute atomic E-state index is 3.72. The Morgan fingerprint density at radius 3 is 2.58 bits per heavy atom. The third-order valence-corrected chi connectivity index (χ3v) is 4.84. The molecule has 2 fully saturated rings. The molecule has 3 rings (SSSR count). The van der Waals surface area contributed by atoms with Crippen molar-refractivity contribution in [3.05, 3.63) is 35.9 Å². The van der Waals surface area contributed by atoms with Crippen molar-refractivity contribution >= 4 is 0 Å². The van der Waals surface area contributed by atoms with E-state index in [1.807, 2.05) is 0 Å². The van der Waals surface area contributed by atoms with Crippen LogP contribution < -0.4 is 5.32 Å². The van der Waals surface area contributed by atoms with E-state index in [1.54, 1.807) is 0 Å². The van der Waals surface area contributed by atoms with Crippen LogP contribution in [0.2, 0.25) is 0 Å². The smallest absolute Gasteiger partial charge is 0.0236 e. The summed E-state index contributed by atoms with van der Waals surface area (Å²) < 4.78 is 0. The zero-order chi connectivity index (χ0) is 13.2. The molecule has 0 bridgehead atoms. The Kier molecular flexibility index (Phi) is 3.90. The molecule has 19 heavy (non-hydrogen) atoms. The van der Waals surface area contributed by atoms with Gasteiger partial charge in [-0.25, -0.2) is 0 Å². The zero-order valence-electron chi connectivity index (χ0n) is 12.2. The van der Waals surface area contributed by atoms with E-state index in [0.29, 0.717) is 12.1 Å². The normalized spacial score (nSPS) is 35.9. The Labute approximate surface area is 117 Å². The molecule has 2 atom stereocenters. The minimum atomic E-state index is 0.620. The van der Waals surface area contributed by atoms with Gasteiger partial charge in [-0.2, -0.15) is 0 Å². The molecule has 1 aliphatic heterocycles. The molecule has 1 aromatic rings. The largest absolute Gasteiger partial charge is 0.311 e. The minimum Gasteiger partial charge on any atom is -0.311 e. The van der Waals surface area contributed by atoms with Gasteiger partial charge in [0.05, 0.1) is 0 Å². The summed E-state index contributed by atoms with van der Waals surface area (Å²) in [7, 11) is 0. The van der Waals surface area contributed by atoms with Gasteiger partial charge < -0.3 is 5.32 Å². The monoisotopic (exact) mass is 258 g/mol. The molecule has 2 heteroatoms. The van der Waals surface area contributed by atoms with Crippen LogP contribution in [-0.2, 0) is 6.42 Å². The van der Waals surface area contributed by atoms with Crippen LogP contribution in [0.25, 0.3) is 0 Å². The second-order valence-electron chi connectivity index (χ2n) is 6.57. The van der Waals surface area contributed by atoms with Crippen molar-refractivity contribution in [3.8, 4) is 0 Å². The fraction of sp³-hybridized carbons (Fsp3) is 0.647. The maximum atomic E-state index is 3.72. The number of nitrogens with zero attached hydrogens (tertiary/aromatic N) is 1. The molecule has 1 saturated carbocycles. The summed E-state index contributed by atoms with van der Waals surface area (Å²) in [6.45, 7) is 7.11. The van der Waals surface area contributed by atoms with Crippen molar-refractivity contribution in [1.29, 1.82) is 0 Å². The Bertz CT molecular complexity index is 397. The molecule has 1 aliphatic carbocycles. The van der Waals surface area contributed by atoms with Gasteiger partial charge in [-0.1, -0.05) is 37.3 Å². The highest BCUT2D eigenvalue weighted by Crippen LogP contribution is 2.33. The van der Waals surface area contributed by atoms with E-state index in [9.17, 15) is 0 Å². The molecule has 0 radical (unpaired) electrons. The average molecular weight is 258 g/mol. The summed E-state index contributed by atoms with van der Waals surface area (Å²) >= 11 is 0. The van der Waals surface area contributed by atoms with Crippen LogP contribution >= 0.6 is 0 Å². The van der Waals surface area contributed by atoms with Gasteiger partial charge in [0.15, 0.2) is 0 Å². The molecule has 2 aliphatic rings. The molecule has 1 heterocycles. The Hall–Kier alpha value is -0.860. The van der Waals surface area contributed by atoms with Crippen LogP contribution in [0.3, 0.4) is 0 Å². The molecule has 2 nitrogen and oxygen atoms in total. The van der Waals surface area contributed by atoms with Gasteiger partial charge >= 0.3 is 0 Å². The summed E-state index contributed by atoms with van der Waals surface area (Å²) in [4.78, 5) is 2.75. The third kappa shape index (κ3) is 3.01. The van der Waals surface area contributed by atoms with Crippen LogP contribution in [0, 0.1) is 5.92 Å². The van der Waals surface area contributed by atoms with Crippen LogP contribution in [-0.4, -0.2) is 36.1 Å². The number of piperazine rings is 1. The molecule has 1 N–H and O–H groups in total. The molecule has 0 amide bonds. The van der Waals surface area contributed by atoms with E-state index < -0.39 is 0 Å². The number of rotatable bonds is 3. The standard InChI is InChI=1S/C17H26N2/c1-13-8-17(9-13)19-12-16(18-11-14(19)2)10-15-6-4-3-5-7-15/h3-7,13-14,16-18H,8-12H2,1-2H3. The second-order valence-corrected chi connectivity index (χ2v) is 6.57. The van der Waals surface area contributed by atoms with E-state index in [2.05, 4.69) is 54.4 Å². The quantitative estimate of drug-likeness (QED) is 0.897. The molecule has 1 saturated heterocycles. The Balaban J connectivity index is 1.59. The van der Waals surface area contributed by atoms with Crippen LogP contribution in [0.1, 0.15) is 32.3 Å². The van der Waals surface area contributed by atoms with Crippen molar-refractivity contribution in [2.45, 2.75) is 51.2 Å². The third-order valence-electron chi connectivity index (χ3n) is 4.84. The predicted molar refractivity (Wildman–Crippen MR) is 80.3 cm³/mol. The first-order valence-corrected chi connectivity index (χ1v) is 7.75. The first-order chi connectivity index (χ1) is 9.22. The van der Waals surface area contributed by atoms with Crippen molar-refractivity contribution in [3.63, 3.8) is 0 Å². The van der Waals surface area contributed by atoms with Crippen LogP contribution in [0.4, 0.5) is 0 Å². The van der Waals surface area contributed by atoms with Crippen molar-refractivity contribution in [2.24, 2.45) is 5.92 Å². The highest BCUT2D eigenvalue weighted by molar-refractivity contribution is 5.16. The van der Waals surface area contributed by atoms with Gasteiger partial charge in [0, 0.05) is 31.2 Å². The molecule has 0 spiro atoms. The molecule has 1 aromatic carbocycles. The number of hydrogen-bond donors (Lipinski definition) is 1. The average Bonchev–Trinajstić information content (AvgIpc) is 2.39. The van der Waals surface area contributed by atoms with Crippen LogP contribution in [0.5, 0.6) is 0 Å². The van der Waals surface area contributed by atoms with Crippen molar-refractivity contribution < 1.29 is 0 Å². The molecular formula is C17H26N2. The molecule has 104 valence electrons. The highest BCUT2D eigenvalue weighted by atomic mass is 15.3. The number of benzene rings is 1. The molecule has 0 aromatic heterocycles. The van der Waals surface area contributed by atoms with Crippen LogP contribution in [0.15, 0.2) is 30.3 Å². The van der Waals surface area contributed by atoms with E-state index in [0.717, 1.165) is 24.9 Å². The second kappa shape index (κ2) is 5.64. The van der Waals surface area contributed by atoms with E-state index in [-0.39, 0.29) is 0 Å². The van der Waals surface area contributed by atoms with Gasteiger partial charge in [0.25, 0.3) is 0 Å². The minimum absolute atomic E-state index is 0.620. The summed E-state index contributed by atoms with van der Waals surface area (Å²) in [5.74, 6) is 0.944. The number of nitrogens with one attached hydrogen (secondary N) is 1. The van der Waals surface area contributed by atoms with Gasteiger partial charge in [0.2, 0.25) is 0 Å². The fourth-order valence-corrected chi connectivity index (χ4v) is 3.63. The SMILES string of the molecule is CC1CC(N2CC(Cc3ccccc3)NCC2C)C1.